The average molecular weight is 231 g/mol. The first-order chi connectivity index (χ1) is 7.08. The molecule has 1 aliphatic rings. The Balaban J connectivity index is 2.31. The van der Waals surface area contributed by atoms with Crippen LogP contribution in [0.4, 0.5) is 0 Å². The zero-order valence-electron chi connectivity index (χ0n) is 9.58. The number of unbranched alkanes of at least 4 members (excludes halogenated alkanes) is 1. The number of carboxylic acids is 1. The summed E-state index contributed by atoms with van der Waals surface area (Å²) in [6, 6.07) is 0.442. The van der Waals surface area contributed by atoms with E-state index < -0.39 is 11.5 Å². The first kappa shape index (κ1) is 12.8. The van der Waals surface area contributed by atoms with E-state index in [0.29, 0.717) is 11.8 Å². The van der Waals surface area contributed by atoms with Gasteiger partial charge in [0, 0.05) is 11.8 Å². The highest BCUT2D eigenvalue weighted by Crippen LogP contribution is 2.25. The monoisotopic (exact) mass is 231 g/mol. The van der Waals surface area contributed by atoms with Crippen LogP contribution in [0.2, 0.25) is 0 Å². The SMILES string of the molecule is CCCCSCC(C)(NC1CC1)C(=O)O. The lowest BCUT2D eigenvalue weighted by Gasteiger charge is -2.26. The van der Waals surface area contributed by atoms with Gasteiger partial charge in [-0.05, 0) is 31.9 Å². The Morgan fingerprint density at radius 3 is 2.73 bits per heavy atom. The molecule has 0 aromatic carbocycles. The highest BCUT2D eigenvalue weighted by atomic mass is 32.2. The molecule has 88 valence electrons. The molecule has 0 aromatic heterocycles. The molecule has 1 rings (SSSR count). The van der Waals surface area contributed by atoms with Crippen molar-refractivity contribution in [3.8, 4) is 0 Å². The number of carboxylic acid groups (broad SMARTS) is 1. The normalized spacial score (nSPS) is 19.9. The van der Waals surface area contributed by atoms with Gasteiger partial charge in [0.1, 0.15) is 5.54 Å². The van der Waals surface area contributed by atoms with Crippen molar-refractivity contribution in [1.29, 1.82) is 0 Å². The van der Waals surface area contributed by atoms with E-state index in [-0.39, 0.29) is 0 Å². The van der Waals surface area contributed by atoms with Crippen molar-refractivity contribution in [3.63, 3.8) is 0 Å². The standard InChI is InChI=1S/C11H21NO2S/c1-3-4-7-15-8-11(2,10(13)14)12-9-5-6-9/h9,12H,3-8H2,1-2H3,(H,13,14). The maximum atomic E-state index is 11.2. The van der Waals surface area contributed by atoms with Gasteiger partial charge in [-0.15, -0.1) is 0 Å². The van der Waals surface area contributed by atoms with Gasteiger partial charge >= 0.3 is 5.97 Å². The van der Waals surface area contributed by atoms with Crippen LogP contribution in [0.15, 0.2) is 0 Å². The maximum absolute atomic E-state index is 11.2. The molecular formula is C11H21NO2S. The number of hydrogen-bond donors (Lipinski definition) is 2. The molecule has 2 N–H and O–H groups in total. The predicted octanol–water partition coefficient (Wildman–Crippen LogP) is 2.11. The van der Waals surface area contributed by atoms with Crippen LogP contribution in [-0.4, -0.2) is 34.2 Å². The molecule has 0 spiro atoms. The topological polar surface area (TPSA) is 49.3 Å². The lowest BCUT2D eigenvalue weighted by atomic mass is 10.1. The molecule has 0 aromatic rings. The molecule has 1 unspecified atom stereocenters. The Hall–Kier alpha value is -0.220. The van der Waals surface area contributed by atoms with Crippen LogP contribution < -0.4 is 5.32 Å². The summed E-state index contributed by atoms with van der Waals surface area (Å²) in [4.78, 5) is 11.2. The van der Waals surface area contributed by atoms with Crippen LogP contribution >= 0.6 is 11.8 Å². The Morgan fingerprint density at radius 2 is 2.27 bits per heavy atom. The molecule has 1 atom stereocenters. The third kappa shape index (κ3) is 4.43. The summed E-state index contributed by atoms with van der Waals surface area (Å²) in [5, 5.41) is 12.4. The third-order valence-electron chi connectivity index (χ3n) is 2.61. The quantitative estimate of drug-likeness (QED) is 0.628. The van der Waals surface area contributed by atoms with Gasteiger partial charge in [-0.25, -0.2) is 0 Å². The molecule has 0 aliphatic heterocycles. The van der Waals surface area contributed by atoms with Crippen LogP contribution in [0, 0.1) is 0 Å². The number of nitrogens with one attached hydrogen (secondary N) is 1. The molecule has 0 radical (unpaired) electrons. The van der Waals surface area contributed by atoms with Crippen LogP contribution in [-0.2, 0) is 4.79 Å². The number of carbonyl (C=O) groups is 1. The molecule has 0 bridgehead atoms. The fraction of sp³-hybridized carbons (Fsp3) is 0.909. The van der Waals surface area contributed by atoms with Gasteiger partial charge in [-0.3, -0.25) is 10.1 Å². The summed E-state index contributed by atoms with van der Waals surface area (Å²) in [6.07, 6.45) is 4.60. The second-order valence-corrected chi connectivity index (χ2v) is 5.57. The zero-order chi connectivity index (χ0) is 11.3. The first-order valence-electron chi connectivity index (χ1n) is 5.67. The lowest BCUT2D eigenvalue weighted by molar-refractivity contribution is -0.143. The zero-order valence-corrected chi connectivity index (χ0v) is 10.4. The molecule has 15 heavy (non-hydrogen) atoms. The average Bonchev–Trinajstić information content (AvgIpc) is 2.96. The molecule has 0 amide bonds. The smallest absolute Gasteiger partial charge is 0.324 e. The fourth-order valence-corrected chi connectivity index (χ4v) is 2.62. The number of rotatable bonds is 8. The summed E-state index contributed by atoms with van der Waals surface area (Å²) in [7, 11) is 0. The van der Waals surface area contributed by atoms with Crippen LogP contribution in [0.3, 0.4) is 0 Å². The third-order valence-corrected chi connectivity index (χ3v) is 3.96. The Bertz CT molecular complexity index is 219. The van der Waals surface area contributed by atoms with Crippen molar-refractivity contribution < 1.29 is 9.90 Å². The Kier molecular flexibility index (Phi) is 4.93. The van der Waals surface area contributed by atoms with Crippen LogP contribution in [0.5, 0.6) is 0 Å². The molecule has 0 heterocycles. The van der Waals surface area contributed by atoms with Gasteiger partial charge in [-0.1, -0.05) is 13.3 Å². The molecule has 1 fully saturated rings. The minimum atomic E-state index is -0.737. The van der Waals surface area contributed by atoms with Crippen molar-refractivity contribution in [2.24, 2.45) is 0 Å². The van der Waals surface area contributed by atoms with Crippen molar-refractivity contribution in [3.05, 3.63) is 0 Å². The second kappa shape index (κ2) is 5.75. The van der Waals surface area contributed by atoms with Gasteiger partial charge in [0.15, 0.2) is 0 Å². The summed E-state index contributed by atoms with van der Waals surface area (Å²) in [5.41, 5.74) is -0.737. The summed E-state index contributed by atoms with van der Waals surface area (Å²) in [6.45, 7) is 3.95. The highest BCUT2D eigenvalue weighted by molar-refractivity contribution is 7.99. The minimum Gasteiger partial charge on any atom is -0.480 e. The van der Waals surface area contributed by atoms with Gasteiger partial charge in [0.05, 0.1) is 0 Å². The van der Waals surface area contributed by atoms with Gasteiger partial charge in [0.25, 0.3) is 0 Å². The Morgan fingerprint density at radius 1 is 1.60 bits per heavy atom. The Labute approximate surface area is 96.0 Å². The van der Waals surface area contributed by atoms with Crippen molar-refractivity contribution in [2.45, 2.75) is 51.1 Å². The molecule has 0 saturated heterocycles. The fourth-order valence-electron chi connectivity index (χ4n) is 1.37. The predicted molar refractivity (Wildman–Crippen MR) is 64.4 cm³/mol. The molecule has 1 aliphatic carbocycles. The summed E-state index contributed by atoms with van der Waals surface area (Å²) < 4.78 is 0. The highest BCUT2D eigenvalue weighted by Gasteiger charge is 2.38. The van der Waals surface area contributed by atoms with Crippen LogP contribution in [0.1, 0.15) is 39.5 Å². The number of thioether (sulfide) groups is 1. The van der Waals surface area contributed by atoms with E-state index in [1.54, 1.807) is 18.7 Å². The van der Waals surface area contributed by atoms with E-state index >= 15 is 0 Å². The van der Waals surface area contributed by atoms with Crippen molar-refractivity contribution in [1.82, 2.24) is 5.32 Å². The van der Waals surface area contributed by atoms with E-state index in [2.05, 4.69) is 12.2 Å². The summed E-state index contributed by atoms with van der Waals surface area (Å²) >= 11 is 1.74. The first-order valence-corrected chi connectivity index (χ1v) is 6.83. The van der Waals surface area contributed by atoms with Gasteiger partial charge in [0.2, 0.25) is 0 Å². The van der Waals surface area contributed by atoms with Crippen molar-refractivity contribution in [2.75, 3.05) is 11.5 Å². The molecule has 3 nitrogen and oxygen atoms in total. The molecule has 1 saturated carbocycles. The van der Waals surface area contributed by atoms with Gasteiger partial charge < -0.3 is 5.11 Å². The molecule has 4 heteroatoms. The number of aliphatic carboxylic acids is 1. The molecular weight excluding hydrogens is 210 g/mol. The van der Waals surface area contributed by atoms with E-state index in [9.17, 15) is 9.90 Å². The van der Waals surface area contributed by atoms with E-state index in [1.165, 1.54) is 12.8 Å². The second-order valence-electron chi connectivity index (χ2n) is 4.46. The van der Waals surface area contributed by atoms with Crippen LogP contribution in [0.25, 0.3) is 0 Å². The largest absolute Gasteiger partial charge is 0.480 e. The lowest BCUT2D eigenvalue weighted by Crippen LogP contribution is -2.52. The minimum absolute atomic E-state index is 0.442. The van der Waals surface area contributed by atoms with Crippen molar-refractivity contribution >= 4 is 17.7 Å². The van der Waals surface area contributed by atoms with E-state index in [4.69, 9.17) is 0 Å². The van der Waals surface area contributed by atoms with Gasteiger partial charge in [-0.2, -0.15) is 11.8 Å². The summed E-state index contributed by atoms with van der Waals surface area (Å²) in [5.74, 6) is 1.00. The maximum Gasteiger partial charge on any atom is 0.324 e. The van der Waals surface area contributed by atoms with E-state index in [1.807, 2.05) is 0 Å². The number of hydrogen-bond acceptors (Lipinski definition) is 3. The van der Waals surface area contributed by atoms with E-state index in [0.717, 1.165) is 18.6 Å².